The number of hydrogen-bond acceptors (Lipinski definition) is 3. The summed E-state index contributed by atoms with van der Waals surface area (Å²) in [5.74, 6) is 0.466. The Labute approximate surface area is 142 Å². The molecule has 0 fully saturated rings. The van der Waals surface area contributed by atoms with Crippen LogP contribution in [0.1, 0.15) is 12.5 Å². The number of aryl methyl sites for hydroxylation is 1. The molecule has 0 saturated heterocycles. The first-order valence-corrected chi connectivity index (χ1v) is 9.15. The maximum atomic E-state index is 12.8. The van der Waals surface area contributed by atoms with Crippen molar-refractivity contribution in [1.82, 2.24) is 9.55 Å². The van der Waals surface area contributed by atoms with Crippen molar-refractivity contribution < 1.29 is 21.6 Å². The fraction of sp³-hybridized carbons (Fsp3) is 0.235. The van der Waals surface area contributed by atoms with Crippen LogP contribution in [0.5, 0.6) is 0 Å². The Morgan fingerprint density at radius 2 is 1.72 bits per heavy atom. The number of hydrogen-bond donors (Lipinski definition) is 0. The fourth-order valence-corrected chi connectivity index (χ4v) is 3.50. The Hall–Kier alpha value is -2.35. The van der Waals surface area contributed by atoms with Gasteiger partial charge in [-0.2, -0.15) is 13.2 Å². The predicted octanol–water partition coefficient (Wildman–Crippen LogP) is 4.05. The molecule has 1 aromatic heterocycles. The molecule has 2 aromatic carbocycles. The van der Waals surface area contributed by atoms with Gasteiger partial charge in [-0.05, 0) is 42.5 Å². The molecule has 132 valence electrons. The van der Waals surface area contributed by atoms with Crippen LogP contribution in [0.15, 0.2) is 47.4 Å². The highest BCUT2D eigenvalue weighted by atomic mass is 32.2. The molecular formula is C17H15F3N2O2S. The topological polar surface area (TPSA) is 52.0 Å². The first kappa shape index (κ1) is 17.5. The van der Waals surface area contributed by atoms with Gasteiger partial charge >= 0.3 is 6.18 Å². The number of aromatic nitrogens is 2. The molecular weight excluding hydrogens is 353 g/mol. The van der Waals surface area contributed by atoms with Crippen molar-refractivity contribution in [3.05, 3.63) is 48.0 Å². The van der Waals surface area contributed by atoms with Crippen molar-refractivity contribution in [3.8, 4) is 11.4 Å². The van der Waals surface area contributed by atoms with Crippen LogP contribution in [0.4, 0.5) is 13.2 Å². The van der Waals surface area contributed by atoms with Gasteiger partial charge in [0, 0.05) is 12.6 Å². The standard InChI is InChI=1S/C17H15F3N2O2S/c1-3-25(23,24)13-7-4-11(5-8-13)16-21-14-10-12(17(18,19)20)6-9-15(14)22(16)2/h4-10H,3H2,1-2H3. The summed E-state index contributed by atoms with van der Waals surface area (Å²) in [6, 6.07) is 9.58. The van der Waals surface area contributed by atoms with Gasteiger partial charge in [-0.25, -0.2) is 13.4 Å². The molecule has 3 rings (SSSR count). The summed E-state index contributed by atoms with van der Waals surface area (Å²) in [6.45, 7) is 1.56. The molecule has 0 spiro atoms. The lowest BCUT2D eigenvalue weighted by molar-refractivity contribution is -0.137. The third kappa shape index (κ3) is 3.13. The molecule has 0 aliphatic carbocycles. The monoisotopic (exact) mass is 368 g/mol. The van der Waals surface area contributed by atoms with Crippen molar-refractivity contribution in [3.63, 3.8) is 0 Å². The van der Waals surface area contributed by atoms with Crippen LogP contribution in [0.2, 0.25) is 0 Å². The highest BCUT2D eigenvalue weighted by Gasteiger charge is 2.31. The molecule has 8 heteroatoms. The van der Waals surface area contributed by atoms with E-state index in [9.17, 15) is 21.6 Å². The average Bonchev–Trinajstić information content (AvgIpc) is 2.90. The Kier molecular flexibility index (Phi) is 4.10. The second-order valence-corrected chi connectivity index (χ2v) is 7.90. The summed E-state index contributed by atoms with van der Waals surface area (Å²) in [5.41, 5.74) is 0.669. The predicted molar refractivity (Wildman–Crippen MR) is 88.9 cm³/mol. The molecule has 0 unspecified atom stereocenters. The van der Waals surface area contributed by atoms with Gasteiger partial charge in [0.2, 0.25) is 0 Å². The average molecular weight is 368 g/mol. The van der Waals surface area contributed by atoms with Crippen molar-refractivity contribution in [1.29, 1.82) is 0 Å². The molecule has 0 N–H and O–H groups in total. The van der Waals surface area contributed by atoms with E-state index in [0.29, 0.717) is 16.9 Å². The van der Waals surface area contributed by atoms with Gasteiger partial charge < -0.3 is 4.57 Å². The zero-order valence-electron chi connectivity index (χ0n) is 13.5. The third-order valence-corrected chi connectivity index (χ3v) is 5.81. The number of fused-ring (bicyclic) bond motifs is 1. The number of imidazole rings is 1. The highest BCUT2D eigenvalue weighted by Crippen LogP contribution is 2.32. The molecule has 1 heterocycles. The molecule has 0 atom stereocenters. The van der Waals surface area contributed by atoms with Gasteiger partial charge in [-0.3, -0.25) is 0 Å². The number of benzene rings is 2. The van der Waals surface area contributed by atoms with Crippen molar-refractivity contribution in [2.24, 2.45) is 7.05 Å². The van der Waals surface area contributed by atoms with Crippen molar-refractivity contribution in [2.45, 2.75) is 18.0 Å². The molecule has 0 aliphatic rings. The summed E-state index contributed by atoms with van der Waals surface area (Å²) < 4.78 is 63.9. The second kappa shape index (κ2) is 5.87. The van der Waals surface area contributed by atoms with Gasteiger partial charge in [0.15, 0.2) is 9.84 Å². The number of alkyl halides is 3. The van der Waals surface area contributed by atoms with E-state index >= 15 is 0 Å². The Balaban J connectivity index is 2.08. The van der Waals surface area contributed by atoms with Crippen LogP contribution < -0.4 is 0 Å². The quantitative estimate of drug-likeness (QED) is 0.701. The smallest absolute Gasteiger partial charge is 0.327 e. The van der Waals surface area contributed by atoms with E-state index in [1.54, 1.807) is 30.7 Å². The molecule has 3 aromatic rings. The Morgan fingerprint density at radius 3 is 2.28 bits per heavy atom. The Bertz CT molecular complexity index is 1040. The maximum absolute atomic E-state index is 12.8. The summed E-state index contributed by atoms with van der Waals surface area (Å²) in [5, 5.41) is 0. The molecule has 4 nitrogen and oxygen atoms in total. The normalized spacial score (nSPS) is 12.7. The molecule has 0 saturated carbocycles. The first-order valence-electron chi connectivity index (χ1n) is 7.50. The van der Waals surface area contributed by atoms with Gasteiger partial charge in [0.05, 0.1) is 27.2 Å². The first-order chi connectivity index (χ1) is 11.6. The lowest BCUT2D eigenvalue weighted by Gasteiger charge is -2.06. The number of sulfone groups is 1. The Morgan fingerprint density at radius 1 is 1.08 bits per heavy atom. The maximum Gasteiger partial charge on any atom is 0.416 e. The van der Waals surface area contributed by atoms with E-state index in [-0.39, 0.29) is 16.2 Å². The molecule has 0 amide bonds. The summed E-state index contributed by atoms with van der Waals surface area (Å²) in [6.07, 6.45) is -4.43. The number of nitrogens with zero attached hydrogens (tertiary/aromatic N) is 2. The summed E-state index contributed by atoms with van der Waals surface area (Å²) in [4.78, 5) is 4.49. The summed E-state index contributed by atoms with van der Waals surface area (Å²) >= 11 is 0. The lowest BCUT2D eigenvalue weighted by Crippen LogP contribution is -2.04. The van der Waals surface area contributed by atoms with Crippen LogP contribution >= 0.6 is 0 Å². The van der Waals surface area contributed by atoms with E-state index in [1.807, 2.05) is 0 Å². The van der Waals surface area contributed by atoms with E-state index in [0.717, 1.165) is 12.1 Å². The van der Waals surface area contributed by atoms with Gasteiger partial charge in [-0.15, -0.1) is 0 Å². The van der Waals surface area contributed by atoms with Crippen LogP contribution in [0.3, 0.4) is 0 Å². The van der Waals surface area contributed by atoms with Crippen molar-refractivity contribution >= 4 is 20.9 Å². The van der Waals surface area contributed by atoms with Crippen molar-refractivity contribution in [2.75, 3.05) is 5.75 Å². The molecule has 0 aliphatic heterocycles. The van der Waals surface area contributed by atoms with E-state index in [4.69, 9.17) is 0 Å². The minimum Gasteiger partial charge on any atom is -0.327 e. The van der Waals surface area contributed by atoms with E-state index < -0.39 is 21.6 Å². The zero-order chi connectivity index (χ0) is 18.4. The third-order valence-electron chi connectivity index (χ3n) is 4.06. The second-order valence-electron chi connectivity index (χ2n) is 5.62. The van der Waals surface area contributed by atoms with Crippen LogP contribution in [0, 0.1) is 0 Å². The molecule has 0 bridgehead atoms. The zero-order valence-corrected chi connectivity index (χ0v) is 14.3. The molecule has 0 radical (unpaired) electrons. The van der Waals surface area contributed by atoms with Crippen LogP contribution in [-0.2, 0) is 23.1 Å². The summed E-state index contributed by atoms with van der Waals surface area (Å²) in [7, 11) is -1.60. The van der Waals surface area contributed by atoms with E-state index in [1.165, 1.54) is 18.2 Å². The van der Waals surface area contributed by atoms with Crippen LogP contribution in [-0.4, -0.2) is 23.7 Å². The largest absolute Gasteiger partial charge is 0.416 e. The van der Waals surface area contributed by atoms with Gasteiger partial charge in [-0.1, -0.05) is 6.92 Å². The van der Waals surface area contributed by atoms with E-state index in [2.05, 4.69) is 4.98 Å². The van der Waals surface area contributed by atoms with Crippen LogP contribution in [0.25, 0.3) is 22.4 Å². The highest BCUT2D eigenvalue weighted by molar-refractivity contribution is 7.91. The number of halogens is 3. The SMILES string of the molecule is CCS(=O)(=O)c1ccc(-c2nc3cc(C(F)(F)F)ccc3n2C)cc1. The van der Waals surface area contributed by atoms with Gasteiger partial charge in [0.25, 0.3) is 0 Å². The minimum atomic E-state index is -4.43. The fourth-order valence-electron chi connectivity index (χ4n) is 2.61. The number of rotatable bonds is 3. The van der Waals surface area contributed by atoms with Gasteiger partial charge in [0.1, 0.15) is 5.82 Å². The molecule has 25 heavy (non-hydrogen) atoms. The lowest BCUT2D eigenvalue weighted by atomic mass is 10.2. The minimum absolute atomic E-state index is 0.00113.